The summed E-state index contributed by atoms with van der Waals surface area (Å²) in [5.74, 6) is -0.261. The first-order valence-electron chi connectivity index (χ1n) is 6.61. The summed E-state index contributed by atoms with van der Waals surface area (Å²) in [6.07, 6.45) is 1.74. The Morgan fingerprint density at radius 1 is 1.14 bits per heavy atom. The zero-order valence-electron chi connectivity index (χ0n) is 11.8. The number of carbonyl (C=O) groups excluding carboxylic acids is 1. The molecule has 1 aliphatic heterocycles. The SMILES string of the molecule is Cc1cccc(/C=C2/C(=O)Nc3ccc(S(N)(=O)=O)cc32)c1. The van der Waals surface area contributed by atoms with Crippen molar-refractivity contribution in [2.24, 2.45) is 5.14 Å². The summed E-state index contributed by atoms with van der Waals surface area (Å²) in [6, 6.07) is 12.0. The van der Waals surface area contributed by atoms with Crippen LogP contribution >= 0.6 is 0 Å². The Hall–Kier alpha value is -2.44. The van der Waals surface area contributed by atoms with Crippen LogP contribution in [0.25, 0.3) is 11.6 Å². The lowest BCUT2D eigenvalue weighted by Gasteiger charge is -2.03. The summed E-state index contributed by atoms with van der Waals surface area (Å²) >= 11 is 0. The first-order valence-corrected chi connectivity index (χ1v) is 8.16. The highest BCUT2D eigenvalue weighted by Crippen LogP contribution is 2.34. The Bertz CT molecular complexity index is 915. The van der Waals surface area contributed by atoms with Crippen molar-refractivity contribution in [1.29, 1.82) is 0 Å². The van der Waals surface area contributed by atoms with E-state index in [1.165, 1.54) is 12.1 Å². The number of amides is 1. The number of primary sulfonamides is 1. The standard InChI is InChI=1S/C16H14N2O3S/c1-10-3-2-4-11(7-10)8-14-13-9-12(22(17,20)21)5-6-15(13)18-16(14)19/h2-9H,1H3,(H,18,19)(H2,17,20,21)/b14-8+. The average molecular weight is 314 g/mol. The third kappa shape index (κ3) is 2.66. The number of anilines is 1. The van der Waals surface area contributed by atoms with E-state index in [4.69, 9.17) is 5.14 Å². The monoisotopic (exact) mass is 314 g/mol. The van der Waals surface area contributed by atoms with Gasteiger partial charge in [-0.25, -0.2) is 13.6 Å². The average Bonchev–Trinajstić information content (AvgIpc) is 2.74. The first-order chi connectivity index (χ1) is 10.3. The molecule has 112 valence electrons. The van der Waals surface area contributed by atoms with E-state index in [-0.39, 0.29) is 10.8 Å². The molecule has 0 radical (unpaired) electrons. The van der Waals surface area contributed by atoms with Crippen molar-refractivity contribution in [2.75, 3.05) is 5.32 Å². The van der Waals surface area contributed by atoms with Gasteiger partial charge in [-0.15, -0.1) is 0 Å². The summed E-state index contributed by atoms with van der Waals surface area (Å²) in [7, 11) is -3.81. The predicted molar refractivity (Wildman–Crippen MR) is 85.5 cm³/mol. The van der Waals surface area contributed by atoms with Gasteiger partial charge < -0.3 is 5.32 Å². The summed E-state index contributed by atoms with van der Waals surface area (Å²) in [6.45, 7) is 1.96. The molecule has 1 amide bonds. The summed E-state index contributed by atoms with van der Waals surface area (Å²) in [5, 5.41) is 7.87. The van der Waals surface area contributed by atoms with Crippen LogP contribution in [0.2, 0.25) is 0 Å². The van der Waals surface area contributed by atoms with Gasteiger partial charge in [-0.05, 0) is 36.8 Å². The number of nitrogens with two attached hydrogens (primary N) is 1. The topological polar surface area (TPSA) is 89.3 Å². The highest BCUT2D eigenvalue weighted by molar-refractivity contribution is 7.89. The summed E-state index contributed by atoms with van der Waals surface area (Å²) < 4.78 is 23.0. The van der Waals surface area contributed by atoms with Crippen LogP contribution in [0, 0.1) is 6.92 Å². The second kappa shape index (κ2) is 5.08. The van der Waals surface area contributed by atoms with Crippen molar-refractivity contribution in [1.82, 2.24) is 0 Å². The highest BCUT2D eigenvalue weighted by Gasteiger charge is 2.25. The van der Waals surface area contributed by atoms with Crippen LogP contribution in [0.15, 0.2) is 47.4 Å². The molecule has 0 saturated carbocycles. The number of benzene rings is 2. The van der Waals surface area contributed by atoms with Gasteiger partial charge in [0.25, 0.3) is 5.91 Å². The number of hydrogen-bond acceptors (Lipinski definition) is 3. The normalized spacial score (nSPS) is 15.7. The van der Waals surface area contributed by atoms with Crippen LogP contribution in [0.1, 0.15) is 16.7 Å². The van der Waals surface area contributed by atoms with Crippen molar-refractivity contribution in [2.45, 2.75) is 11.8 Å². The third-order valence-corrected chi connectivity index (χ3v) is 4.37. The van der Waals surface area contributed by atoms with Crippen molar-refractivity contribution in [3.63, 3.8) is 0 Å². The number of aryl methyl sites for hydroxylation is 1. The maximum atomic E-state index is 12.1. The van der Waals surface area contributed by atoms with Crippen LogP contribution in [-0.2, 0) is 14.8 Å². The number of sulfonamides is 1. The van der Waals surface area contributed by atoms with Gasteiger partial charge in [0.2, 0.25) is 10.0 Å². The Morgan fingerprint density at radius 3 is 2.59 bits per heavy atom. The minimum atomic E-state index is -3.81. The number of nitrogens with one attached hydrogen (secondary N) is 1. The zero-order valence-corrected chi connectivity index (χ0v) is 12.6. The van der Waals surface area contributed by atoms with Gasteiger partial charge in [0.05, 0.1) is 4.90 Å². The number of rotatable bonds is 2. The molecule has 0 aliphatic carbocycles. The molecule has 3 N–H and O–H groups in total. The minimum absolute atomic E-state index is 0.0158. The smallest absolute Gasteiger partial charge is 0.256 e. The van der Waals surface area contributed by atoms with Crippen molar-refractivity contribution >= 4 is 33.3 Å². The van der Waals surface area contributed by atoms with E-state index in [2.05, 4.69) is 5.32 Å². The second-order valence-electron chi connectivity index (χ2n) is 5.18. The van der Waals surface area contributed by atoms with Crippen LogP contribution in [-0.4, -0.2) is 14.3 Å². The van der Waals surface area contributed by atoms with E-state index in [1.54, 1.807) is 12.1 Å². The van der Waals surface area contributed by atoms with Crippen molar-refractivity contribution < 1.29 is 13.2 Å². The van der Waals surface area contributed by atoms with E-state index in [0.29, 0.717) is 16.8 Å². The molecule has 22 heavy (non-hydrogen) atoms. The van der Waals surface area contributed by atoms with Crippen molar-refractivity contribution in [3.8, 4) is 0 Å². The number of hydrogen-bond donors (Lipinski definition) is 2. The molecule has 1 aliphatic rings. The molecule has 0 atom stereocenters. The largest absolute Gasteiger partial charge is 0.321 e. The molecule has 0 unspecified atom stereocenters. The number of fused-ring (bicyclic) bond motifs is 1. The van der Waals surface area contributed by atoms with E-state index in [9.17, 15) is 13.2 Å². The molecule has 1 heterocycles. The molecule has 3 rings (SSSR count). The Balaban J connectivity index is 2.14. The van der Waals surface area contributed by atoms with Gasteiger partial charge in [0.15, 0.2) is 0 Å². The lowest BCUT2D eigenvalue weighted by atomic mass is 10.0. The maximum Gasteiger partial charge on any atom is 0.256 e. The van der Waals surface area contributed by atoms with E-state index in [0.717, 1.165) is 11.1 Å². The molecule has 0 spiro atoms. The van der Waals surface area contributed by atoms with Crippen LogP contribution in [0.4, 0.5) is 5.69 Å². The summed E-state index contributed by atoms with van der Waals surface area (Å²) in [5.41, 5.74) is 3.49. The molecule has 0 saturated heterocycles. The van der Waals surface area contributed by atoms with Gasteiger partial charge in [0.1, 0.15) is 0 Å². The van der Waals surface area contributed by atoms with Crippen LogP contribution in [0.3, 0.4) is 0 Å². The van der Waals surface area contributed by atoms with E-state index >= 15 is 0 Å². The minimum Gasteiger partial charge on any atom is -0.321 e. The van der Waals surface area contributed by atoms with Gasteiger partial charge in [-0.2, -0.15) is 0 Å². The fourth-order valence-corrected chi connectivity index (χ4v) is 2.95. The van der Waals surface area contributed by atoms with Crippen molar-refractivity contribution in [3.05, 3.63) is 59.2 Å². The third-order valence-electron chi connectivity index (χ3n) is 3.46. The molecular formula is C16H14N2O3S. The van der Waals surface area contributed by atoms with Crippen LogP contribution < -0.4 is 10.5 Å². The second-order valence-corrected chi connectivity index (χ2v) is 6.74. The molecule has 2 aromatic carbocycles. The number of carbonyl (C=O) groups is 1. The van der Waals surface area contributed by atoms with E-state index < -0.39 is 10.0 Å². The molecule has 0 fully saturated rings. The lowest BCUT2D eigenvalue weighted by molar-refractivity contribution is -0.110. The highest BCUT2D eigenvalue weighted by atomic mass is 32.2. The Morgan fingerprint density at radius 2 is 1.91 bits per heavy atom. The molecular weight excluding hydrogens is 300 g/mol. The first kappa shape index (κ1) is 14.5. The maximum absolute atomic E-state index is 12.1. The van der Waals surface area contributed by atoms with Gasteiger partial charge in [-0.1, -0.05) is 29.8 Å². The van der Waals surface area contributed by atoms with Gasteiger partial charge in [0, 0.05) is 16.8 Å². The fourth-order valence-electron chi connectivity index (χ4n) is 2.41. The molecule has 2 aromatic rings. The fraction of sp³-hybridized carbons (Fsp3) is 0.0625. The molecule has 5 nitrogen and oxygen atoms in total. The zero-order chi connectivity index (χ0) is 15.9. The predicted octanol–water partition coefficient (Wildman–Crippen LogP) is 2.14. The molecule has 0 aromatic heterocycles. The van der Waals surface area contributed by atoms with Gasteiger partial charge >= 0.3 is 0 Å². The molecule has 0 bridgehead atoms. The van der Waals surface area contributed by atoms with Gasteiger partial charge in [-0.3, -0.25) is 4.79 Å². The Kier molecular flexibility index (Phi) is 3.35. The van der Waals surface area contributed by atoms with E-state index in [1.807, 2.05) is 31.2 Å². The van der Waals surface area contributed by atoms with Crippen LogP contribution in [0.5, 0.6) is 0 Å². The molecule has 6 heteroatoms. The quantitative estimate of drug-likeness (QED) is 0.832. The Labute approximate surface area is 128 Å². The lowest BCUT2D eigenvalue weighted by Crippen LogP contribution is -2.12. The summed E-state index contributed by atoms with van der Waals surface area (Å²) in [4.78, 5) is 12.1.